The van der Waals surface area contributed by atoms with Crippen molar-refractivity contribution in [2.45, 2.75) is 37.5 Å². The number of para-hydroxylation sites is 1. The lowest BCUT2D eigenvalue weighted by molar-refractivity contribution is 0.0683. The number of amides is 1. The van der Waals surface area contributed by atoms with E-state index in [1.165, 1.54) is 10.4 Å². The first-order valence-electron chi connectivity index (χ1n) is 9.97. The van der Waals surface area contributed by atoms with Crippen molar-refractivity contribution < 1.29 is 13.2 Å². The summed E-state index contributed by atoms with van der Waals surface area (Å²) in [4.78, 5) is 14.9. The summed E-state index contributed by atoms with van der Waals surface area (Å²) in [5.74, 6) is 0.400. The molecule has 4 rings (SSSR count). The van der Waals surface area contributed by atoms with Gasteiger partial charge in [0.05, 0.1) is 10.6 Å². The maximum absolute atomic E-state index is 13.4. The lowest BCUT2D eigenvalue weighted by atomic mass is 9.99. The second-order valence-corrected chi connectivity index (χ2v) is 9.70. The van der Waals surface area contributed by atoms with E-state index in [1.54, 1.807) is 18.2 Å². The SMILES string of the molecule is C[C@@H]1CCCN(C(=O)c2cccc(S(=O)(=O)N3CCCc4ccccc43)c2)C1. The Bertz CT molecular complexity index is 987. The highest BCUT2D eigenvalue weighted by Gasteiger charge is 2.30. The molecule has 0 spiro atoms. The third kappa shape index (κ3) is 3.53. The number of fused-ring (bicyclic) bond motifs is 1. The minimum Gasteiger partial charge on any atom is -0.338 e. The fourth-order valence-electron chi connectivity index (χ4n) is 4.22. The number of carbonyl (C=O) groups excluding carboxylic acids is 1. The summed E-state index contributed by atoms with van der Waals surface area (Å²) in [7, 11) is -3.71. The molecule has 6 heteroatoms. The number of benzene rings is 2. The van der Waals surface area contributed by atoms with Crippen LogP contribution in [-0.4, -0.2) is 38.9 Å². The number of sulfonamides is 1. The van der Waals surface area contributed by atoms with Crippen LogP contribution in [0.5, 0.6) is 0 Å². The Hall–Kier alpha value is -2.34. The van der Waals surface area contributed by atoms with Gasteiger partial charge >= 0.3 is 0 Å². The minimum atomic E-state index is -3.71. The van der Waals surface area contributed by atoms with Crippen LogP contribution in [-0.2, 0) is 16.4 Å². The smallest absolute Gasteiger partial charge is 0.264 e. The lowest BCUT2D eigenvalue weighted by Crippen LogP contribution is -2.39. The van der Waals surface area contributed by atoms with Crippen LogP contribution in [0, 0.1) is 5.92 Å². The third-order valence-corrected chi connectivity index (χ3v) is 7.49. The lowest BCUT2D eigenvalue weighted by Gasteiger charge is -2.32. The molecule has 2 aliphatic heterocycles. The van der Waals surface area contributed by atoms with Gasteiger partial charge in [-0.15, -0.1) is 0 Å². The first-order chi connectivity index (χ1) is 13.5. The van der Waals surface area contributed by atoms with Crippen LogP contribution < -0.4 is 4.31 Å². The van der Waals surface area contributed by atoms with E-state index in [0.717, 1.165) is 50.0 Å². The average Bonchev–Trinajstić information content (AvgIpc) is 2.73. The monoisotopic (exact) mass is 398 g/mol. The van der Waals surface area contributed by atoms with Gasteiger partial charge in [0.25, 0.3) is 15.9 Å². The molecule has 2 heterocycles. The minimum absolute atomic E-state index is 0.0809. The largest absolute Gasteiger partial charge is 0.338 e. The van der Waals surface area contributed by atoms with Gasteiger partial charge in [0.1, 0.15) is 0 Å². The highest BCUT2D eigenvalue weighted by atomic mass is 32.2. The van der Waals surface area contributed by atoms with Gasteiger partial charge in [-0.3, -0.25) is 9.10 Å². The van der Waals surface area contributed by atoms with Crippen molar-refractivity contribution in [2.75, 3.05) is 23.9 Å². The van der Waals surface area contributed by atoms with Gasteiger partial charge in [0.15, 0.2) is 0 Å². The summed E-state index contributed by atoms with van der Waals surface area (Å²) in [6, 6.07) is 14.1. The normalized spacial score (nSPS) is 20.0. The van der Waals surface area contributed by atoms with Gasteiger partial charge in [0, 0.05) is 25.2 Å². The predicted octanol–water partition coefficient (Wildman–Crippen LogP) is 3.70. The number of hydrogen-bond donors (Lipinski definition) is 0. The number of hydrogen-bond acceptors (Lipinski definition) is 3. The molecular weight excluding hydrogens is 372 g/mol. The van der Waals surface area contributed by atoms with Crippen molar-refractivity contribution in [1.29, 1.82) is 0 Å². The number of likely N-dealkylation sites (tertiary alicyclic amines) is 1. The van der Waals surface area contributed by atoms with E-state index in [9.17, 15) is 13.2 Å². The molecule has 1 atom stereocenters. The highest BCUT2D eigenvalue weighted by molar-refractivity contribution is 7.92. The van der Waals surface area contributed by atoms with E-state index in [0.29, 0.717) is 18.0 Å². The van der Waals surface area contributed by atoms with E-state index in [4.69, 9.17) is 0 Å². The molecule has 5 nitrogen and oxygen atoms in total. The maximum Gasteiger partial charge on any atom is 0.264 e. The van der Waals surface area contributed by atoms with Gasteiger partial charge in [-0.05, 0) is 61.4 Å². The molecule has 2 aromatic rings. The molecule has 1 fully saturated rings. The summed E-state index contributed by atoms with van der Waals surface area (Å²) < 4.78 is 28.2. The number of anilines is 1. The van der Waals surface area contributed by atoms with Crippen LogP contribution in [0.15, 0.2) is 53.4 Å². The molecule has 148 valence electrons. The Morgan fingerprint density at radius 2 is 1.86 bits per heavy atom. The Labute approximate surface area is 167 Å². The number of rotatable bonds is 3. The number of nitrogens with zero attached hydrogens (tertiary/aromatic N) is 2. The van der Waals surface area contributed by atoms with Crippen molar-refractivity contribution in [3.63, 3.8) is 0 Å². The molecule has 0 bridgehead atoms. The quantitative estimate of drug-likeness (QED) is 0.792. The van der Waals surface area contributed by atoms with Gasteiger partial charge in [-0.25, -0.2) is 8.42 Å². The molecule has 0 aliphatic carbocycles. The van der Waals surface area contributed by atoms with Gasteiger partial charge in [-0.1, -0.05) is 31.2 Å². The molecule has 1 amide bonds. The van der Waals surface area contributed by atoms with Gasteiger partial charge in [0.2, 0.25) is 0 Å². The molecule has 28 heavy (non-hydrogen) atoms. The van der Waals surface area contributed by atoms with Crippen LogP contribution in [0.1, 0.15) is 42.1 Å². The first-order valence-corrected chi connectivity index (χ1v) is 11.4. The van der Waals surface area contributed by atoms with E-state index in [2.05, 4.69) is 6.92 Å². The predicted molar refractivity (Wildman–Crippen MR) is 110 cm³/mol. The molecular formula is C22H26N2O3S. The van der Waals surface area contributed by atoms with E-state index in [-0.39, 0.29) is 10.8 Å². The van der Waals surface area contributed by atoms with Crippen molar-refractivity contribution >= 4 is 21.6 Å². The average molecular weight is 399 g/mol. The van der Waals surface area contributed by atoms with Crippen LogP contribution >= 0.6 is 0 Å². The molecule has 2 aromatic carbocycles. The standard InChI is InChI=1S/C22H26N2O3S/c1-17-7-5-13-23(16-17)22(25)19-9-4-11-20(15-19)28(26,27)24-14-6-10-18-8-2-3-12-21(18)24/h2-4,8-9,11-12,15,17H,5-7,10,13-14,16H2,1H3/t17-/m1/s1. The molecule has 1 saturated heterocycles. The van der Waals surface area contributed by atoms with E-state index in [1.807, 2.05) is 29.2 Å². The van der Waals surface area contributed by atoms with Crippen LogP contribution in [0.3, 0.4) is 0 Å². The fraction of sp³-hybridized carbons (Fsp3) is 0.409. The maximum atomic E-state index is 13.4. The molecule has 0 unspecified atom stereocenters. The van der Waals surface area contributed by atoms with E-state index >= 15 is 0 Å². The zero-order chi connectivity index (χ0) is 19.7. The fourth-order valence-corrected chi connectivity index (χ4v) is 5.81. The number of piperidine rings is 1. The van der Waals surface area contributed by atoms with Crippen molar-refractivity contribution in [1.82, 2.24) is 4.90 Å². The van der Waals surface area contributed by atoms with Crippen LogP contribution in [0.25, 0.3) is 0 Å². The second kappa shape index (κ2) is 7.59. The summed E-state index contributed by atoms with van der Waals surface area (Å²) in [6.45, 7) is 4.07. The Balaban J connectivity index is 1.65. The van der Waals surface area contributed by atoms with Gasteiger partial charge in [-0.2, -0.15) is 0 Å². The van der Waals surface area contributed by atoms with Crippen LogP contribution in [0.2, 0.25) is 0 Å². The summed E-state index contributed by atoms with van der Waals surface area (Å²) in [5, 5.41) is 0. The molecule has 2 aliphatic rings. The summed E-state index contributed by atoms with van der Waals surface area (Å²) >= 11 is 0. The summed E-state index contributed by atoms with van der Waals surface area (Å²) in [5.41, 5.74) is 2.24. The Morgan fingerprint density at radius 3 is 2.68 bits per heavy atom. The van der Waals surface area contributed by atoms with Crippen LogP contribution in [0.4, 0.5) is 5.69 Å². The van der Waals surface area contributed by atoms with Gasteiger partial charge < -0.3 is 4.90 Å². The first kappa shape index (κ1) is 19.0. The second-order valence-electron chi connectivity index (χ2n) is 7.84. The van der Waals surface area contributed by atoms with Crippen molar-refractivity contribution in [3.8, 4) is 0 Å². The molecule has 0 saturated carbocycles. The molecule has 0 radical (unpaired) electrons. The highest BCUT2D eigenvalue weighted by Crippen LogP contribution is 2.32. The van der Waals surface area contributed by atoms with Crippen molar-refractivity contribution in [3.05, 3.63) is 59.7 Å². The topological polar surface area (TPSA) is 57.7 Å². The zero-order valence-corrected chi connectivity index (χ0v) is 17.0. The Morgan fingerprint density at radius 1 is 1.04 bits per heavy atom. The molecule has 0 N–H and O–H groups in total. The van der Waals surface area contributed by atoms with Crippen molar-refractivity contribution in [2.24, 2.45) is 5.92 Å². The van der Waals surface area contributed by atoms with E-state index < -0.39 is 10.0 Å². The number of aryl methyl sites for hydroxylation is 1. The molecule has 0 aromatic heterocycles. The zero-order valence-electron chi connectivity index (χ0n) is 16.2. The Kier molecular flexibility index (Phi) is 5.15. The third-order valence-electron chi connectivity index (χ3n) is 5.68. The summed E-state index contributed by atoms with van der Waals surface area (Å²) in [6.07, 6.45) is 3.80. The number of carbonyl (C=O) groups is 1.